The largest absolute Gasteiger partial charge is 0.448 e. The summed E-state index contributed by atoms with van der Waals surface area (Å²) in [5, 5.41) is 0. The Bertz CT molecular complexity index is 591. The minimum absolute atomic E-state index is 0.0209. The topological polar surface area (TPSA) is 9.23 Å². The highest BCUT2D eigenvalue weighted by molar-refractivity contribution is 6.17. The zero-order valence-electron chi connectivity index (χ0n) is 10.0. The minimum atomic E-state index is -0.920. The average Bonchev–Trinajstić information content (AvgIpc) is 2.38. The Morgan fingerprint density at radius 1 is 1.11 bits per heavy atom. The van der Waals surface area contributed by atoms with E-state index < -0.39 is 23.2 Å². The average molecular weight is 287 g/mol. The molecule has 2 aromatic rings. The van der Waals surface area contributed by atoms with Gasteiger partial charge in [-0.05, 0) is 36.2 Å². The van der Waals surface area contributed by atoms with E-state index in [1.807, 2.05) is 0 Å². The molecule has 0 saturated carbocycles. The Morgan fingerprint density at radius 2 is 1.74 bits per heavy atom. The predicted molar refractivity (Wildman–Crippen MR) is 67.1 cm³/mol. The molecule has 0 aromatic heterocycles. The van der Waals surface area contributed by atoms with Gasteiger partial charge < -0.3 is 4.74 Å². The first-order valence-corrected chi connectivity index (χ1v) is 6.03. The minimum Gasteiger partial charge on any atom is -0.448 e. The first-order valence-electron chi connectivity index (χ1n) is 5.49. The summed E-state index contributed by atoms with van der Waals surface area (Å²) in [4.78, 5) is 0. The maximum atomic E-state index is 13.7. The quantitative estimate of drug-likeness (QED) is 0.726. The van der Waals surface area contributed by atoms with Gasteiger partial charge in [-0.3, -0.25) is 0 Å². The van der Waals surface area contributed by atoms with Crippen LogP contribution in [0.4, 0.5) is 13.2 Å². The van der Waals surface area contributed by atoms with Crippen molar-refractivity contribution >= 4 is 11.6 Å². The molecule has 2 rings (SSSR count). The molecule has 19 heavy (non-hydrogen) atoms. The van der Waals surface area contributed by atoms with Crippen molar-refractivity contribution in [3.05, 3.63) is 58.9 Å². The van der Waals surface area contributed by atoms with E-state index in [0.29, 0.717) is 5.56 Å². The third kappa shape index (κ3) is 2.84. The van der Waals surface area contributed by atoms with E-state index in [1.165, 1.54) is 25.1 Å². The van der Waals surface area contributed by atoms with E-state index >= 15 is 0 Å². The van der Waals surface area contributed by atoms with Gasteiger partial charge in [0, 0.05) is 5.88 Å². The summed E-state index contributed by atoms with van der Waals surface area (Å²) in [7, 11) is 0. The summed E-state index contributed by atoms with van der Waals surface area (Å²) in [5.41, 5.74) is 0.615. The van der Waals surface area contributed by atoms with Crippen molar-refractivity contribution in [3.8, 4) is 11.5 Å². The molecule has 0 unspecified atom stereocenters. The summed E-state index contributed by atoms with van der Waals surface area (Å²) in [6, 6.07) is 6.48. The van der Waals surface area contributed by atoms with Crippen LogP contribution in [0.1, 0.15) is 11.1 Å². The number of hydrogen-bond donors (Lipinski definition) is 0. The second kappa shape index (κ2) is 5.53. The standard InChI is InChI=1S/C14H10ClF3O/c1-8-3-2-4-12(13(8)18)19-14-10(16)5-9(7-15)6-11(14)17/h2-6H,7H2,1H3. The maximum Gasteiger partial charge on any atom is 0.198 e. The summed E-state index contributed by atoms with van der Waals surface area (Å²) < 4.78 is 46.0. The second-order valence-corrected chi connectivity index (χ2v) is 4.28. The number of hydrogen-bond acceptors (Lipinski definition) is 1. The van der Waals surface area contributed by atoms with Crippen molar-refractivity contribution in [2.75, 3.05) is 0 Å². The molecule has 0 aliphatic carbocycles. The van der Waals surface area contributed by atoms with Crippen LogP contribution >= 0.6 is 11.6 Å². The zero-order valence-corrected chi connectivity index (χ0v) is 10.8. The SMILES string of the molecule is Cc1cccc(Oc2c(F)cc(CCl)cc2F)c1F. The lowest BCUT2D eigenvalue weighted by molar-refractivity contribution is 0.386. The van der Waals surface area contributed by atoms with Gasteiger partial charge in [0.2, 0.25) is 0 Å². The van der Waals surface area contributed by atoms with Crippen LogP contribution in [0.3, 0.4) is 0 Å². The third-order valence-corrected chi connectivity index (χ3v) is 2.89. The summed E-state index contributed by atoms with van der Waals surface area (Å²) in [6.07, 6.45) is 0. The highest BCUT2D eigenvalue weighted by Crippen LogP contribution is 2.31. The lowest BCUT2D eigenvalue weighted by Crippen LogP contribution is -1.97. The Labute approximate surface area is 113 Å². The Balaban J connectivity index is 2.41. The summed E-state index contributed by atoms with van der Waals surface area (Å²) in [6.45, 7) is 1.53. The van der Waals surface area contributed by atoms with Crippen LogP contribution in [0.5, 0.6) is 11.5 Å². The Hall–Kier alpha value is -1.68. The number of ether oxygens (including phenoxy) is 1. The summed E-state index contributed by atoms with van der Waals surface area (Å²) in [5.74, 6) is -3.38. The van der Waals surface area contributed by atoms with E-state index in [0.717, 1.165) is 12.1 Å². The molecule has 0 heterocycles. The van der Waals surface area contributed by atoms with Gasteiger partial charge >= 0.3 is 0 Å². The van der Waals surface area contributed by atoms with Gasteiger partial charge in [-0.25, -0.2) is 13.2 Å². The Kier molecular flexibility index (Phi) is 4.00. The van der Waals surface area contributed by atoms with Crippen LogP contribution < -0.4 is 4.74 Å². The molecule has 5 heteroatoms. The summed E-state index contributed by atoms with van der Waals surface area (Å²) >= 11 is 5.50. The van der Waals surface area contributed by atoms with Crippen molar-refractivity contribution in [2.45, 2.75) is 12.8 Å². The fourth-order valence-corrected chi connectivity index (χ4v) is 1.75. The zero-order chi connectivity index (χ0) is 14.0. The van der Waals surface area contributed by atoms with Gasteiger partial charge in [-0.15, -0.1) is 11.6 Å². The molecule has 1 nitrogen and oxygen atoms in total. The molecule has 0 N–H and O–H groups in total. The smallest absolute Gasteiger partial charge is 0.198 e. The number of rotatable bonds is 3. The molecule has 0 saturated heterocycles. The molecule has 0 radical (unpaired) electrons. The van der Waals surface area contributed by atoms with Gasteiger partial charge in [-0.2, -0.15) is 0 Å². The molecule has 0 amide bonds. The molecular formula is C14H10ClF3O. The van der Waals surface area contributed by atoms with Crippen LogP contribution in [0.15, 0.2) is 30.3 Å². The number of aryl methyl sites for hydroxylation is 1. The van der Waals surface area contributed by atoms with E-state index in [1.54, 1.807) is 0 Å². The lowest BCUT2D eigenvalue weighted by atomic mass is 10.2. The van der Waals surface area contributed by atoms with Crippen molar-refractivity contribution in [2.24, 2.45) is 0 Å². The van der Waals surface area contributed by atoms with Crippen molar-refractivity contribution in [3.63, 3.8) is 0 Å². The molecule has 0 atom stereocenters. The second-order valence-electron chi connectivity index (χ2n) is 4.01. The Morgan fingerprint density at radius 3 is 2.32 bits per heavy atom. The highest BCUT2D eigenvalue weighted by atomic mass is 35.5. The van der Waals surface area contributed by atoms with Crippen LogP contribution in [-0.2, 0) is 5.88 Å². The van der Waals surface area contributed by atoms with Crippen LogP contribution in [0, 0.1) is 24.4 Å². The van der Waals surface area contributed by atoms with E-state index in [-0.39, 0.29) is 17.2 Å². The molecule has 100 valence electrons. The van der Waals surface area contributed by atoms with Gasteiger partial charge in [0.1, 0.15) is 0 Å². The normalized spacial score (nSPS) is 10.6. The van der Waals surface area contributed by atoms with Crippen molar-refractivity contribution < 1.29 is 17.9 Å². The van der Waals surface area contributed by atoms with Crippen LogP contribution in [-0.4, -0.2) is 0 Å². The van der Waals surface area contributed by atoms with Gasteiger partial charge in [0.05, 0.1) is 0 Å². The molecule has 0 spiro atoms. The maximum absolute atomic E-state index is 13.7. The van der Waals surface area contributed by atoms with Crippen molar-refractivity contribution in [1.29, 1.82) is 0 Å². The van der Waals surface area contributed by atoms with Crippen molar-refractivity contribution in [1.82, 2.24) is 0 Å². The molecule has 0 fully saturated rings. The molecule has 0 aliphatic heterocycles. The molecule has 0 aliphatic rings. The van der Waals surface area contributed by atoms with Crippen LogP contribution in [0.25, 0.3) is 0 Å². The van der Waals surface area contributed by atoms with E-state index in [4.69, 9.17) is 16.3 Å². The highest BCUT2D eigenvalue weighted by Gasteiger charge is 2.16. The van der Waals surface area contributed by atoms with E-state index in [9.17, 15) is 13.2 Å². The molecule has 0 bridgehead atoms. The number of alkyl halides is 1. The fraction of sp³-hybridized carbons (Fsp3) is 0.143. The monoisotopic (exact) mass is 286 g/mol. The molecular weight excluding hydrogens is 277 g/mol. The number of halogens is 4. The fourth-order valence-electron chi connectivity index (χ4n) is 1.60. The van der Waals surface area contributed by atoms with Crippen LogP contribution in [0.2, 0.25) is 0 Å². The lowest BCUT2D eigenvalue weighted by Gasteiger charge is -2.10. The predicted octanol–water partition coefficient (Wildman–Crippen LogP) is 4.94. The van der Waals surface area contributed by atoms with Gasteiger partial charge in [-0.1, -0.05) is 12.1 Å². The first-order chi connectivity index (χ1) is 9.02. The van der Waals surface area contributed by atoms with Gasteiger partial charge in [0.15, 0.2) is 29.0 Å². The third-order valence-electron chi connectivity index (χ3n) is 2.58. The number of benzene rings is 2. The van der Waals surface area contributed by atoms with E-state index in [2.05, 4.69) is 0 Å². The molecule has 2 aromatic carbocycles. The first kappa shape index (κ1) is 13.7. The van der Waals surface area contributed by atoms with Gasteiger partial charge in [0.25, 0.3) is 0 Å².